The highest BCUT2D eigenvalue weighted by Crippen LogP contribution is 2.33. The predicted octanol–water partition coefficient (Wildman–Crippen LogP) is 4.55. The summed E-state index contributed by atoms with van der Waals surface area (Å²) in [6, 6.07) is 9.71. The van der Waals surface area contributed by atoms with Gasteiger partial charge in [0.15, 0.2) is 0 Å². The van der Waals surface area contributed by atoms with Crippen LogP contribution in [0.15, 0.2) is 42.7 Å². The highest BCUT2D eigenvalue weighted by atomic mass is 32.1. The highest BCUT2D eigenvalue weighted by Gasteiger charge is 2.20. The van der Waals surface area contributed by atoms with Crippen molar-refractivity contribution in [1.82, 2.24) is 9.55 Å². The largest absolute Gasteiger partial charge is 0.443 e. The van der Waals surface area contributed by atoms with Gasteiger partial charge >= 0.3 is 6.09 Å². The van der Waals surface area contributed by atoms with Gasteiger partial charge in [0.1, 0.15) is 5.60 Å². The Hall–Kier alpha value is -2.14. The van der Waals surface area contributed by atoms with Gasteiger partial charge in [-0.15, -0.1) is 11.3 Å². The van der Waals surface area contributed by atoms with Gasteiger partial charge in [-0.05, 0) is 45.0 Å². The predicted molar refractivity (Wildman–Crippen MR) is 84.7 cm³/mol. The average molecular weight is 300 g/mol. The van der Waals surface area contributed by atoms with Gasteiger partial charge in [0, 0.05) is 12.4 Å². The van der Waals surface area contributed by atoms with E-state index < -0.39 is 5.60 Å². The second kappa shape index (κ2) is 5.00. The Labute approximate surface area is 127 Å². The summed E-state index contributed by atoms with van der Waals surface area (Å²) in [5.41, 5.74) is 1.26. The van der Waals surface area contributed by atoms with Crippen LogP contribution in [0, 0.1) is 0 Å². The summed E-state index contributed by atoms with van der Waals surface area (Å²) in [6.45, 7) is 5.58. The topological polar surface area (TPSA) is 44.1 Å². The zero-order valence-corrected chi connectivity index (χ0v) is 13.0. The Morgan fingerprint density at radius 2 is 2.10 bits per heavy atom. The zero-order chi connectivity index (χ0) is 15.0. The fraction of sp³-hybridized carbons (Fsp3) is 0.250. The average Bonchev–Trinajstić information content (AvgIpc) is 2.96. The Kier molecular flexibility index (Phi) is 3.29. The molecule has 3 rings (SSSR count). The van der Waals surface area contributed by atoms with Crippen LogP contribution in [-0.2, 0) is 4.74 Å². The molecule has 3 aromatic heterocycles. The first kappa shape index (κ1) is 13.8. The van der Waals surface area contributed by atoms with Crippen molar-refractivity contribution in [3.8, 4) is 10.6 Å². The molecule has 108 valence electrons. The van der Waals surface area contributed by atoms with Crippen molar-refractivity contribution in [2.45, 2.75) is 26.4 Å². The first-order valence-corrected chi connectivity index (χ1v) is 7.51. The van der Waals surface area contributed by atoms with Crippen molar-refractivity contribution >= 4 is 27.6 Å². The van der Waals surface area contributed by atoms with E-state index in [-0.39, 0.29) is 6.09 Å². The van der Waals surface area contributed by atoms with Gasteiger partial charge in [-0.25, -0.2) is 4.79 Å². The summed E-state index contributed by atoms with van der Waals surface area (Å²) < 4.78 is 8.01. The second-order valence-electron chi connectivity index (χ2n) is 5.74. The maximum Gasteiger partial charge on any atom is 0.419 e. The number of carbonyl (C=O) groups is 1. The molecule has 0 saturated heterocycles. The van der Waals surface area contributed by atoms with Gasteiger partial charge in [0.2, 0.25) is 0 Å². The maximum absolute atomic E-state index is 12.2. The Morgan fingerprint density at radius 3 is 2.76 bits per heavy atom. The summed E-state index contributed by atoms with van der Waals surface area (Å²) in [5.74, 6) is 0. The molecule has 0 amide bonds. The minimum atomic E-state index is -0.506. The lowest BCUT2D eigenvalue weighted by molar-refractivity contribution is 0.0544. The van der Waals surface area contributed by atoms with Gasteiger partial charge in [-0.1, -0.05) is 6.07 Å². The molecule has 0 aliphatic rings. The van der Waals surface area contributed by atoms with E-state index in [9.17, 15) is 4.79 Å². The minimum Gasteiger partial charge on any atom is -0.443 e. The molecule has 0 unspecified atom stereocenters. The van der Waals surface area contributed by atoms with Crippen molar-refractivity contribution in [2.24, 2.45) is 0 Å². The molecule has 0 spiro atoms. The van der Waals surface area contributed by atoms with E-state index in [0.717, 1.165) is 20.8 Å². The molecular weight excluding hydrogens is 284 g/mol. The fourth-order valence-corrected chi connectivity index (χ4v) is 3.05. The van der Waals surface area contributed by atoms with E-state index >= 15 is 0 Å². The molecule has 5 heteroatoms. The quantitative estimate of drug-likeness (QED) is 0.662. The molecule has 0 saturated carbocycles. The number of thiophene rings is 1. The number of carbonyl (C=O) groups excluding carboxylic acids is 1. The van der Waals surface area contributed by atoms with Gasteiger partial charge in [0.25, 0.3) is 0 Å². The number of hydrogen-bond acceptors (Lipinski definition) is 4. The van der Waals surface area contributed by atoms with Crippen LogP contribution < -0.4 is 0 Å². The normalized spacial score (nSPS) is 11.8. The third-order valence-electron chi connectivity index (χ3n) is 2.88. The number of rotatable bonds is 1. The molecule has 0 aromatic carbocycles. The van der Waals surface area contributed by atoms with Gasteiger partial charge in [-0.3, -0.25) is 9.55 Å². The van der Waals surface area contributed by atoms with E-state index in [4.69, 9.17) is 4.74 Å². The Balaban J connectivity index is 1.99. The Morgan fingerprint density at radius 1 is 1.29 bits per heavy atom. The molecule has 0 aliphatic carbocycles. The van der Waals surface area contributed by atoms with Crippen LogP contribution in [0.3, 0.4) is 0 Å². The molecule has 0 radical (unpaired) electrons. The molecule has 4 nitrogen and oxygen atoms in total. The van der Waals surface area contributed by atoms with Crippen molar-refractivity contribution < 1.29 is 9.53 Å². The third-order valence-corrected chi connectivity index (χ3v) is 3.99. The first-order valence-electron chi connectivity index (χ1n) is 6.70. The van der Waals surface area contributed by atoms with E-state index in [2.05, 4.69) is 4.98 Å². The minimum absolute atomic E-state index is 0.358. The van der Waals surface area contributed by atoms with Crippen molar-refractivity contribution in [1.29, 1.82) is 0 Å². The van der Waals surface area contributed by atoms with Crippen molar-refractivity contribution in [3.63, 3.8) is 0 Å². The third kappa shape index (κ3) is 2.83. The van der Waals surface area contributed by atoms with Crippen LogP contribution in [0.1, 0.15) is 20.8 Å². The van der Waals surface area contributed by atoms with Crippen LogP contribution >= 0.6 is 11.3 Å². The van der Waals surface area contributed by atoms with Gasteiger partial charge < -0.3 is 4.74 Å². The van der Waals surface area contributed by atoms with Gasteiger partial charge in [0.05, 0.1) is 20.8 Å². The smallest absolute Gasteiger partial charge is 0.419 e. The van der Waals surface area contributed by atoms with Crippen molar-refractivity contribution in [2.75, 3.05) is 0 Å². The number of pyridine rings is 1. The molecule has 0 fully saturated rings. The summed E-state index contributed by atoms with van der Waals surface area (Å²) in [7, 11) is 0. The zero-order valence-electron chi connectivity index (χ0n) is 12.2. The standard InChI is InChI=1S/C16H16N2O2S/c1-16(2,3)20-15(19)18-9-7-13-12(18)10-14(21-13)11-6-4-5-8-17-11/h4-10H,1-3H3. The number of hydrogen-bond donors (Lipinski definition) is 0. The first-order chi connectivity index (χ1) is 9.94. The molecule has 0 atom stereocenters. The fourth-order valence-electron chi connectivity index (χ4n) is 2.03. The van der Waals surface area contributed by atoms with E-state index in [1.807, 2.05) is 51.1 Å². The molecule has 0 N–H and O–H groups in total. The van der Waals surface area contributed by atoms with E-state index in [1.54, 1.807) is 28.3 Å². The summed E-state index contributed by atoms with van der Waals surface area (Å²) >= 11 is 1.62. The second-order valence-corrected chi connectivity index (χ2v) is 6.82. The lowest BCUT2D eigenvalue weighted by Crippen LogP contribution is -2.26. The Bertz CT molecular complexity index is 782. The number of aromatic nitrogens is 2. The summed E-state index contributed by atoms with van der Waals surface area (Å²) in [6.07, 6.45) is 3.15. The lowest BCUT2D eigenvalue weighted by atomic mass is 10.2. The number of fused-ring (bicyclic) bond motifs is 1. The SMILES string of the molecule is CC(C)(C)OC(=O)n1ccc2sc(-c3ccccn3)cc21. The van der Waals surface area contributed by atoms with Gasteiger partial charge in [-0.2, -0.15) is 0 Å². The van der Waals surface area contributed by atoms with E-state index in [1.165, 1.54) is 0 Å². The molecule has 3 aromatic rings. The van der Waals surface area contributed by atoms with Crippen LogP contribution in [0.25, 0.3) is 20.8 Å². The van der Waals surface area contributed by atoms with Crippen LogP contribution in [0.5, 0.6) is 0 Å². The highest BCUT2D eigenvalue weighted by molar-refractivity contribution is 7.22. The maximum atomic E-state index is 12.2. The van der Waals surface area contributed by atoms with Crippen LogP contribution in [0.2, 0.25) is 0 Å². The number of ether oxygens (including phenoxy) is 1. The molecule has 3 heterocycles. The van der Waals surface area contributed by atoms with Crippen molar-refractivity contribution in [3.05, 3.63) is 42.7 Å². The summed E-state index contributed by atoms with van der Waals surface area (Å²) in [5, 5.41) is 0. The molecule has 0 aliphatic heterocycles. The number of nitrogens with zero attached hydrogens (tertiary/aromatic N) is 2. The molecule has 21 heavy (non-hydrogen) atoms. The van der Waals surface area contributed by atoms with Crippen LogP contribution in [0.4, 0.5) is 4.79 Å². The summed E-state index contributed by atoms with van der Waals surface area (Å²) in [4.78, 5) is 17.6. The van der Waals surface area contributed by atoms with E-state index in [0.29, 0.717) is 0 Å². The lowest BCUT2D eigenvalue weighted by Gasteiger charge is -2.19. The monoisotopic (exact) mass is 300 g/mol. The van der Waals surface area contributed by atoms with Crippen LogP contribution in [-0.4, -0.2) is 21.2 Å². The molecule has 0 bridgehead atoms. The molecular formula is C16H16N2O2S.